The molecule has 0 aliphatic carbocycles. The van der Waals surface area contributed by atoms with Crippen LogP contribution < -0.4 is 21.9 Å². The van der Waals surface area contributed by atoms with Gasteiger partial charge >= 0.3 is 11.9 Å². The van der Waals surface area contributed by atoms with Gasteiger partial charge in [-0.25, -0.2) is 4.79 Å². The third kappa shape index (κ3) is 2.92. The first-order valence-corrected chi connectivity index (χ1v) is 8.54. The van der Waals surface area contributed by atoms with Crippen molar-refractivity contribution in [1.29, 1.82) is 0 Å². The van der Waals surface area contributed by atoms with Gasteiger partial charge in [-0.1, -0.05) is 23.2 Å². The van der Waals surface area contributed by atoms with Crippen molar-refractivity contribution in [3.05, 3.63) is 60.2 Å². The summed E-state index contributed by atoms with van der Waals surface area (Å²) in [6, 6.07) is 3.41. The van der Waals surface area contributed by atoms with Crippen molar-refractivity contribution in [2.45, 2.75) is 11.7 Å². The first-order chi connectivity index (χ1) is 13.3. The molecule has 0 fully saturated rings. The Morgan fingerprint density at radius 2 is 1.76 bits per heavy atom. The number of alkyl halides is 3. The molecule has 3 rings (SSSR count). The van der Waals surface area contributed by atoms with Crippen LogP contribution in [0.4, 0.5) is 19.0 Å². The number of carbonyl (C=O) groups excluding carboxylic acids is 2. The fourth-order valence-corrected chi connectivity index (χ4v) is 3.51. The van der Waals surface area contributed by atoms with E-state index in [1.165, 1.54) is 6.07 Å². The van der Waals surface area contributed by atoms with Crippen LogP contribution in [0.1, 0.15) is 15.9 Å². The lowest BCUT2D eigenvalue weighted by Gasteiger charge is -2.30. The number of nitrogens with zero attached hydrogens (tertiary/aromatic N) is 2. The van der Waals surface area contributed by atoms with E-state index in [1.54, 1.807) is 5.32 Å². The maximum absolute atomic E-state index is 14.2. The molecule has 2 aromatic rings. The quantitative estimate of drug-likeness (QED) is 0.723. The minimum atomic E-state index is -5.43. The molecule has 2 heterocycles. The molecule has 1 aromatic heterocycles. The van der Waals surface area contributed by atoms with Crippen molar-refractivity contribution in [2.24, 2.45) is 14.1 Å². The number of benzene rings is 1. The molecule has 154 valence electrons. The summed E-state index contributed by atoms with van der Waals surface area (Å²) in [5, 5.41) is 3.34. The third-order valence-corrected chi connectivity index (χ3v) is 5.06. The van der Waals surface area contributed by atoms with E-state index in [2.05, 4.69) is 0 Å². The van der Waals surface area contributed by atoms with Gasteiger partial charge in [-0.15, -0.1) is 0 Å². The standard InChI is InChI=1S/C16H11Cl2F3N4O4/c1-24-10-9(12(27)25(2)14(24)29)15(13(28)22-10,16(19,20)21)23-11(26)7-4-3-6(17)5-8(7)18/h3-5H,1-2H3,(H,22,28)(H,23,26). The predicted molar refractivity (Wildman–Crippen MR) is 97.2 cm³/mol. The summed E-state index contributed by atoms with van der Waals surface area (Å²) in [4.78, 5) is 49.6. The maximum Gasteiger partial charge on any atom is 0.425 e. The number of aromatic nitrogens is 2. The van der Waals surface area contributed by atoms with E-state index in [9.17, 15) is 32.3 Å². The summed E-state index contributed by atoms with van der Waals surface area (Å²) < 4.78 is 43.6. The van der Waals surface area contributed by atoms with Gasteiger partial charge in [0.1, 0.15) is 11.4 Å². The Morgan fingerprint density at radius 3 is 2.31 bits per heavy atom. The van der Waals surface area contributed by atoms with E-state index in [0.29, 0.717) is 9.13 Å². The average molecular weight is 451 g/mol. The highest BCUT2D eigenvalue weighted by Gasteiger charge is 2.68. The van der Waals surface area contributed by atoms with Crippen LogP contribution in [0.15, 0.2) is 27.8 Å². The molecule has 13 heteroatoms. The van der Waals surface area contributed by atoms with Crippen molar-refractivity contribution in [2.75, 3.05) is 5.32 Å². The van der Waals surface area contributed by atoms with Crippen LogP contribution in [0.3, 0.4) is 0 Å². The van der Waals surface area contributed by atoms with Crippen molar-refractivity contribution < 1.29 is 22.8 Å². The summed E-state index contributed by atoms with van der Waals surface area (Å²) in [6.07, 6.45) is -5.43. The second kappa shape index (κ2) is 6.63. The molecular weight excluding hydrogens is 440 g/mol. The van der Waals surface area contributed by atoms with Gasteiger partial charge in [-0.3, -0.25) is 23.5 Å². The lowest BCUT2D eigenvalue weighted by atomic mass is 9.91. The predicted octanol–water partition coefficient (Wildman–Crippen LogP) is 1.53. The van der Waals surface area contributed by atoms with Gasteiger partial charge in [0, 0.05) is 19.1 Å². The summed E-state index contributed by atoms with van der Waals surface area (Å²) in [6.45, 7) is 0. The summed E-state index contributed by atoms with van der Waals surface area (Å²) in [5.41, 5.74) is -7.61. The molecule has 1 atom stereocenters. The van der Waals surface area contributed by atoms with Gasteiger partial charge in [0.25, 0.3) is 22.9 Å². The Kier molecular flexibility index (Phi) is 4.79. The van der Waals surface area contributed by atoms with Gasteiger partial charge in [0.2, 0.25) is 0 Å². The Morgan fingerprint density at radius 1 is 1.14 bits per heavy atom. The fourth-order valence-electron chi connectivity index (χ4n) is 3.02. The van der Waals surface area contributed by atoms with Crippen molar-refractivity contribution in [3.8, 4) is 0 Å². The highest BCUT2D eigenvalue weighted by atomic mass is 35.5. The number of rotatable bonds is 2. The number of anilines is 1. The molecule has 0 saturated carbocycles. The second-order valence-corrected chi connectivity index (χ2v) is 7.05. The lowest BCUT2D eigenvalue weighted by molar-refractivity contribution is -0.196. The number of hydrogen-bond donors (Lipinski definition) is 2. The van der Waals surface area contributed by atoms with Crippen LogP contribution in [0.25, 0.3) is 0 Å². The van der Waals surface area contributed by atoms with Gasteiger partial charge in [0.15, 0.2) is 0 Å². The van der Waals surface area contributed by atoms with E-state index in [-0.39, 0.29) is 10.0 Å². The third-order valence-electron chi connectivity index (χ3n) is 4.51. The van der Waals surface area contributed by atoms with E-state index in [4.69, 9.17) is 23.2 Å². The maximum atomic E-state index is 14.2. The number of nitrogens with one attached hydrogen (secondary N) is 2. The van der Waals surface area contributed by atoms with Crippen molar-refractivity contribution in [3.63, 3.8) is 0 Å². The Labute approximate surface area is 169 Å². The van der Waals surface area contributed by atoms with Crippen molar-refractivity contribution in [1.82, 2.24) is 14.5 Å². The molecule has 29 heavy (non-hydrogen) atoms. The number of carbonyl (C=O) groups is 2. The molecule has 1 unspecified atom stereocenters. The first kappa shape index (κ1) is 20.9. The monoisotopic (exact) mass is 450 g/mol. The molecule has 1 aromatic carbocycles. The molecule has 8 nitrogen and oxygen atoms in total. The molecule has 0 radical (unpaired) electrons. The van der Waals surface area contributed by atoms with E-state index >= 15 is 0 Å². The van der Waals surface area contributed by atoms with E-state index in [0.717, 1.165) is 26.2 Å². The second-order valence-electron chi connectivity index (χ2n) is 6.21. The van der Waals surface area contributed by atoms with E-state index in [1.807, 2.05) is 5.32 Å². The zero-order chi connectivity index (χ0) is 21.9. The summed E-state index contributed by atoms with van der Waals surface area (Å²) in [7, 11) is 2.03. The van der Waals surface area contributed by atoms with Crippen LogP contribution in [0.2, 0.25) is 10.0 Å². The number of amides is 2. The topological polar surface area (TPSA) is 102 Å². The zero-order valence-corrected chi connectivity index (χ0v) is 16.2. The molecule has 0 bridgehead atoms. The largest absolute Gasteiger partial charge is 0.425 e. The molecule has 1 aliphatic rings. The Bertz CT molecular complexity index is 1190. The van der Waals surface area contributed by atoms with Crippen LogP contribution >= 0.6 is 23.2 Å². The van der Waals surface area contributed by atoms with Gasteiger partial charge in [0.05, 0.1) is 10.6 Å². The van der Waals surface area contributed by atoms with Crippen molar-refractivity contribution >= 4 is 40.8 Å². The lowest BCUT2D eigenvalue weighted by Crippen LogP contribution is -2.62. The molecular formula is C16H11Cl2F3N4O4. The highest BCUT2D eigenvalue weighted by Crippen LogP contribution is 2.45. The molecule has 2 amide bonds. The number of fused-ring (bicyclic) bond motifs is 1. The van der Waals surface area contributed by atoms with Crippen LogP contribution in [-0.4, -0.2) is 27.1 Å². The molecule has 0 saturated heterocycles. The SMILES string of the molecule is Cn1c2c(c(=O)n(C)c1=O)C(NC(=O)c1ccc(Cl)cc1Cl)(C(F)(F)F)C(=O)N2. The first-order valence-electron chi connectivity index (χ1n) is 7.79. The molecule has 0 spiro atoms. The molecule has 1 aliphatic heterocycles. The summed E-state index contributed by atoms with van der Waals surface area (Å²) in [5.74, 6) is -3.78. The van der Waals surface area contributed by atoms with Crippen LogP contribution in [0.5, 0.6) is 0 Å². The normalized spacial score (nSPS) is 18.4. The number of hydrogen-bond acceptors (Lipinski definition) is 4. The Balaban J connectivity index is 2.29. The van der Waals surface area contributed by atoms with E-state index < -0.39 is 51.7 Å². The van der Waals surface area contributed by atoms with Gasteiger partial charge in [-0.05, 0) is 18.2 Å². The minimum Gasteiger partial charge on any atom is -0.326 e. The average Bonchev–Trinajstić information content (AvgIpc) is 2.91. The fraction of sp³-hybridized carbons (Fsp3) is 0.250. The summed E-state index contributed by atoms with van der Waals surface area (Å²) >= 11 is 11.6. The highest BCUT2D eigenvalue weighted by molar-refractivity contribution is 6.36. The minimum absolute atomic E-state index is 0.130. The number of halogens is 5. The molecule has 2 N–H and O–H groups in total. The van der Waals surface area contributed by atoms with Gasteiger partial charge in [-0.2, -0.15) is 13.2 Å². The smallest absolute Gasteiger partial charge is 0.326 e. The van der Waals surface area contributed by atoms with Gasteiger partial charge < -0.3 is 10.6 Å². The zero-order valence-electron chi connectivity index (χ0n) is 14.6. The van der Waals surface area contributed by atoms with Crippen LogP contribution in [-0.2, 0) is 24.4 Å². The Hall–Kier alpha value is -2.79. The van der Waals surface area contributed by atoms with Crippen LogP contribution in [0, 0.1) is 0 Å².